The summed E-state index contributed by atoms with van der Waals surface area (Å²) in [7, 11) is 0. The van der Waals surface area contributed by atoms with Crippen LogP contribution in [0.3, 0.4) is 0 Å². The number of nitrogens with zero attached hydrogens (tertiary/aromatic N) is 2. The number of rotatable bonds is 5. The van der Waals surface area contributed by atoms with Crippen molar-refractivity contribution in [3.63, 3.8) is 0 Å². The van der Waals surface area contributed by atoms with Gasteiger partial charge >= 0.3 is 0 Å². The highest BCUT2D eigenvalue weighted by molar-refractivity contribution is 7.25. The van der Waals surface area contributed by atoms with E-state index in [0.717, 1.165) is 22.7 Å². The van der Waals surface area contributed by atoms with Gasteiger partial charge in [0.1, 0.15) is 0 Å². The molecule has 0 aliphatic heterocycles. The first-order valence-electron chi connectivity index (χ1n) is 15.3. The zero-order valence-corrected chi connectivity index (χ0v) is 25.3. The molecule has 0 aliphatic carbocycles. The monoisotopic (exact) mass is 592 g/mol. The van der Waals surface area contributed by atoms with E-state index in [-0.39, 0.29) is 0 Å². The number of fused-ring (bicyclic) bond motifs is 6. The number of para-hydroxylation sites is 3. The van der Waals surface area contributed by atoms with Crippen molar-refractivity contribution in [3.05, 3.63) is 170 Å². The fraction of sp³-hybridized carbons (Fsp3) is 0. The molecular weight excluding hydrogens is 565 g/mol. The number of thiophene rings is 1. The molecular formula is C42H28N2S. The summed E-state index contributed by atoms with van der Waals surface area (Å²) in [5, 5.41) is 5.21. The Morgan fingerprint density at radius 2 is 0.933 bits per heavy atom. The Hall–Kier alpha value is -5.64. The zero-order valence-electron chi connectivity index (χ0n) is 24.5. The maximum atomic E-state index is 2.37. The van der Waals surface area contributed by atoms with Crippen LogP contribution in [0.1, 0.15) is 0 Å². The summed E-state index contributed by atoms with van der Waals surface area (Å²) in [6.45, 7) is 0. The number of hydrogen-bond donors (Lipinski definition) is 0. The predicted molar refractivity (Wildman–Crippen MR) is 194 cm³/mol. The smallest absolute Gasteiger partial charge is 0.0541 e. The van der Waals surface area contributed by atoms with Crippen LogP contribution in [-0.4, -0.2) is 4.57 Å². The Balaban J connectivity index is 1.14. The molecule has 0 spiro atoms. The first kappa shape index (κ1) is 25.8. The highest BCUT2D eigenvalue weighted by Crippen LogP contribution is 2.41. The van der Waals surface area contributed by atoms with Crippen LogP contribution in [0.4, 0.5) is 17.1 Å². The predicted octanol–water partition coefficient (Wildman–Crippen LogP) is 12.3. The van der Waals surface area contributed by atoms with E-state index in [2.05, 4.69) is 179 Å². The highest BCUT2D eigenvalue weighted by Gasteiger charge is 2.16. The lowest BCUT2D eigenvalue weighted by atomic mass is 9.99. The van der Waals surface area contributed by atoms with Crippen molar-refractivity contribution in [2.45, 2.75) is 0 Å². The third kappa shape index (κ3) is 4.24. The number of hydrogen-bond acceptors (Lipinski definition) is 2. The summed E-state index contributed by atoms with van der Waals surface area (Å²) in [4.78, 5) is 2.33. The molecule has 0 aliphatic rings. The van der Waals surface area contributed by atoms with Crippen molar-refractivity contribution in [3.8, 4) is 16.8 Å². The van der Waals surface area contributed by atoms with Crippen LogP contribution in [0.25, 0.3) is 58.8 Å². The summed E-state index contributed by atoms with van der Waals surface area (Å²) in [5.41, 5.74) is 9.45. The lowest BCUT2D eigenvalue weighted by Gasteiger charge is -2.26. The summed E-state index contributed by atoms with van der Waals surface area (Å²) in [5.74, 6) is 0. The van der Waals surface area contributed by atoms with Crippen LogP contribution >= 0.6 is 11.3 Å². The van der Waals surface area contributed by atoms with Crippen molar-refractivity contribution in [2.75, 3.05) is 4.90 Å². The molecule has 2 aromatic heterocycles. The van der Waals surface area contributed by atoms with Gasteiger partial charge in [-0.15, -0.1) is 11.3 Å². The van der Waals surface area contributed by atoms with Crippen LogP contribution in [0, 0.1) is 0 Å². The molecule has 7 aromatic carbocycles. The van der Waals surface area contributed by atoms with Crippen LogP contribution in [0.5, 0.6) is 0 Å². The molecule has 9 aromatic rings. The molecule has 0 saturated carbocycles. The van der Waals surface area contributed by atoms with E-state index in [0.29, 0.717) is 0 Å². The fourth-order valence-electron chi connectivity index (χ4n) is 6.78. The third-order valence-corrected chi connectivity index (χ3v) is 9.94. The molecule has 0 atom stereocenters. The maximum absolute atomic E-state index is 2.37. The lowest BCUT2D eigenvalue weighted by molar-refractivity contribution is 1.17. The van der Waals surface area contributed by atoms with Gasteiger partial charge in [0, 0.05) is 53.7 Å². The Morgan fingerprint density at radius 1 is 0.400 bits per heavy atom. The molecule has 212 valence electrons. The summed E-state index contributed by atoms with van der Waals surface area (Å²) in [6, 6.07) is 61.3. The number of benzene rings is 7. The Labute approximate surface area is 265 Å². The Kier molecular flexibility index (Phi) is 6.03. The molecule has 0 unspecified atom stereocenters. The number of anilines is 3. The van der Waals surface area contributed by atoms with E-state index in [9.17, 15) is 0 Å². The SMILES string of the molecule is c1ccc(N(c2ccc(-c3cccc4sc5ccccc5c34)cc2)c2ccc(-n3c4ccccc4c4ccccc43)cc2)cc1. The van der Waals surface area contributed by atoms with Crippen LogP contribution < -0.4 is 4.90 Å². The minimum atomic E-state index is 1.12. The summed E-state index contributed by atoms with van der Waals surface area (Å²) >= 11 is 1.86. The second kappa shape index (κ2) is 10.5. The first-order chi connectivity index (χ1) is 22.3. The second-order valence-corrected chi connectivity index (χ2v) is 12.5. The topological polar surface area (TPSA) is 8.17 Å². The quantitative estimate of drug-likeness (QED) is 0.193. The molecule has 0 bridgehead atoms. The molecule has 9 rings (SSSR count). The van der Waals surface area contributed by atoms with Gasteiger partial charge in [0.05, 0.1) is 11.0 Å². The van der Waals surface area contributed by atoms with E-state index in [1.807, 2.05) is 11.3 Å². The molecule has 0 radical (unpaired) electrons. The minimum absolute atomic E-state index is 1.12. The molecule has 3 heteroatoms. The van der Waals surface area contributed by atoms with Gasteiger partial charge in [-0.1, -0.05) is 97.1 Å². The van der Waals surface area contributed by atoms with Gasteiger partial charge in [0.15, 0.2) is 0 Å². The van der Waals surface area contributed by atoms with Crippen LogP contribution in [0.2, 0.25) is 0 Å². The third-order valence-electron chi connectivity index (χ3n) is 8.80. The van der Waals surface area contributed by atoms with E-state index < -0.39 is 0 Å². The lowest BCUT2D eigenvalue weighted by Crippen LogP contribution is -2.10. The standard InChI is InChI=1S/C42H28N2S/c1-2-11-30(12-3-1)43(31-23-21-29(22-24-31)34-16-10-20-41-42(34)37-15-6-9-19-40(37)45-41)32-25-27-33(28-26-32)44-38-17-7-4-13-35(38)36-14-5-8-18-39(36)44/h1-28H. The van der Waals surface area contributed by atoms with Gasteiger partial charge in [-0.25, -0.2) is 0 Å². The van der Waals surface area contributed by atoms with E-state index >= 15 is 0 Å². The number of aromatic nitrogens is 1. The molecule has 2 nitrogen and oxygen atoms in total. The Morgan fingerprint density at radius 3 is 1.62 bits per heavy atom. The normalized spacial score (nSPS) is 11.6. The molecule has 0 saturated heterocycles. The highest BCUT2D eigenvalue weighted by atomic mass is 32.1. The van der Waals surface area contributed by atoms with Crippen molar-refractivity contribution >= 4 is 70.4 Å². The van der Waals surface area contributed by atoms with Gasteiger partial charge in [-0.3, -0.25) is 0 Å². The first-order valence-corrected chi connectivity index (χ1v) is 16.1. The zero-order chi connectivity index (χ0) is 29.7. The van der Waals surface area contributed by atoms with Gasteiger partial charge in [0.2, 0.25) is 0 Å². The maximum Gasteiger partial charge on any atom is 0.0541 e. The molecule has 0 amide bonds. The van der Waals surface area contributed by atoms with Gasteiger partial charge < -0.3 is 9.47 Å². The molecule has 0 N–H and O–H groups in total. The average Bonchev–Trinajstić information content (AvgIpc) is 3.66. The van der Waals surface area contributed by atoms with Crippen molar-refractivity contribution in [2.24, 2.45) is 0 Å². The van der Waals surface area contributed by atoms with Crippen molar-refractivity contribution < 1.29 is 0 Å². The van der Waals surface area contributed by atoms with Crippen molar-refractivity contribution in [1.82, 2.24) is 4.57 Å². The fourth-order valence-corrected chi connectivity index (χ4v) is 7.91. The van der Waals surface area contributed by atoms with E-state index in [1.54, 1.807) is 0 Å². The summed E-state index contributed by atoms with van der Waals surface area (Å²) in [6.07, 6.45) is 0. The largest absolute Gasteiger partial charge is 0.311 e. The van der Waals surface area contributed by atoms with Gasteiger partial charge in [0.25, 0.3) is 0 Å². The van der Waals surface area contributed by atoms with Gasteiger partial charge in [-0.2, -0.15) is 0 Å². The van der Waals surface area contributed by atoms with E-state index in [4.69, 9.17) is 0 Å². The average molecular weight is 593 g/mol. The van der Waals surface area contributed by atoms with Crippen LogP contribution in [0.15, 0.2) is 170 Å². The second-order valence-electron chi connectivity index (χ2n) is 11.4. The molecule has 45 heavy (non-hydrogen) atoms. The molecule has 2 heterocycles. The van der Waals surface area contributed by atoms with E-state index in [1.165, 1.54) is 53.1 Å². The summed E-state index contributed by atoms with van der Waals surface area (Å²) < 4.78 is 5.02. The van der Waals surface area contributed by atoms with Crippen molar-refractivity contribution in [1.29, 1.82) is 0 Å². The van der Waals surface area contributed by atoms with Gasteiger partial charge in [-0.05, 0) is 83.9 Å². The van der Waals surface area contributed by atoms with Crippen LogP contribution in [-0.2, 0) is 0 Å². The Bertz CT molecular complexity index is 2420. The molecule has 0 fully saturated rings. The minimum Gasteiger partial charge on any atom is -0.311 e.